The van der Waals surface area contributed by atoms with Gasteiger partial charge in [-0.05, 0) is 37.3 Å². The van der Waals surface area contributed by atoms with Crippen LogP contribution >= 0.6 is 11.3 Å². The van der Waals surface area contributed by atoms with Gasteiger partial charge in [-0.1, -0.05) is 0 Å². The third kappa shape index (κ3) is 2.15. The summed E-state index contributed by atoms with van der Waals surface area (Å²) in [5, 5.41) is 1.13. The van der Waals surface area contributed by atoms with Crippen LogP contribution in [0.5, 0.6) is 0 Å². The Hall–Kier alpha value is -1.13. The van der Waals surface area contributed by atoms with E-state index in [2.05, 4.69) is 21.9 Å². The summed E-state index contributed by atoms with van der Waals surface area (Å²) in [5.41, 5.74) is 8.91. The van der Waals surface area contributed by atoms with Gasteiger partial charge in [0.2, 0.25) is 0 Å². The molecule has 0 spiro atoms. The molecule has 2 heterocycles. The van der Waals surface area contributed by atoms with E-state index in [0.717, 1.165) is 18.0 Å². The van der Waals surface area contributed by atoms with Crippen LogP contribution in [0.2, 0.25) is 0 Å². The molecular formula is C13H17N3S. The van der Waals surface area contributed by atoms with E-state index in [1.54, 1.807) is 11.3 Å². The zero-order valence-electron chi connectivity index (χ0n) is 10.0. The van der Waals surface area contributed by atoms with E-state index < -0.39 is 0 Å². The fourth-order valence-corrected chi connectivity index (χ4v) is 3.34. The van der Waals surface area contributed by atoms with E-state index in [0.29, 0.717) is 0 Å². The van der Waals surface area contributed by atoms with Gasteiger partial charge in [0.15, 0.2) is 0 Å². The highest BCUT2D eigenvalue weighted by Gasteiger charge is 2.18. The van der Waals surface area contributed by atoms with Crippen molar-refractivity contribution in [1.82, 2.24) is 9.55 Å². The first kappa shape index (κ1) is 11.0. The van der Waals surface area contributed by atoms with Crippen LogP contribution < -0.4 is 5.73 Å². The fraction of sp³-hybridized carbons (Fsp3) is 0.462. The Morgan fingerprint density at radius 3 is 3.12 bits per heavy atom. The lowest BCUT2D eigenvalue weighted by atomic mass is 9.92. The first-order valence-electron chi connectivity index (χ1n) is 6.08. The van der Waals surface area contributed by atoms with Crippen LogP contribution in [0.15, 0.2) is 18.6 Å². The molecule has 1 aliphatic carbocycles. The third-order valence-corrected chi connectivity index (χ3v) is 4.26. The SMILES string of the molecule is Cc1ncc(Cn2cc3c(c2)C(N)CCC3)s1. The van der Waals surface area contributed by atoms with Gasteiger partial charge in [-0.15, -0.1) is 11.3 Å². The smallest absolute Gasteiger partial charge is 0.0897 e. The summed E-state index contributed by atoms with van der Waals surface area (Å²) < 4.78 is 2.25. The van der Waals surface area contributed by atoms with Crippen molar-refractivity contribution in [2.45, 2.75) is 38.8 Å². The van der Waals surface area contributed by atoms with Gasteiger partial charge in [0.05, 0.1) is 11.6 Å². The Kier molecular flexibility index (Phi) is 2.76. The lowest BCUT2D eigenvalue weighted by molar-refractivity contribution is 0.573. The van der Waals surface area contributed by atoms with Gasteiger partial charge in [0.25, 0.3) is 0 Å². The zero-order chi connectivity index (χ0) is 11.8. The highest BCUT2D eigenvalue weighted by molar-refractivity contribution is 7.11. The molecular weight excluding hydrogens is 230 g/mol. The molecule has 4 heteroatoms. The zero-order valence-corrected chi connectivity index (χ0v) is 10.8. The third-order valence-electron chi connectivity index (χ3n) is 3.37. The molecule has 0 radical (unpaired) electrons. The number of nitrogens with two attached hydrogens (primary N) is 1. The van der Waals surface area contributed by atoms with Crippen LogP contribution in [-0.2, 0) is 13.0 Å². The summed E-state index contributed by atoms with van der Waals surface area (Å²) >= 11 is 1.77. The average Bonchev–Trinajstić information content (AvgIpc) is 2.86. The molecule has 0 amide bonds. The quantitative estimate of drug-likeness (QED) is 0.886. The Bertz CT molecular complexity index is 527. The van der Waals surface area contributed by atoms with Gasteiger partial charge >= 0.3 is 0 Å². The molecule has 0 bridgehead atoms. The van der Waals surface area contributed by atoms with Gasteiger partial charge in [-0.3, -0.25) is 0 Å². The molecule has 0 fully saturated rings. The topological polar surface area (TPSA) is 43.8 Å². The minimum absolute atomic E-state index is 0.239. The molecule has 17 heavy (non-hydrogen) atoms. The Morgan fingerprint density at radius 2 is 2.41 bits per heavy atom. The van der Waals surface area contributed by atoms with Gasteiger partial charge < -0.3 is 10.3 Å². The summed E-state index contributed by atoms with van der Waals surface area (Å²) in [4.78, 5) is 5.60. The summed E-state index contributed by atoms with van der Waals surface area (Å²) in [7, 11) is 0. The van der Waals surface area contributed by atoms with Crippen molar-refractivity contribution in [1.29, 1.82) is 0 Å². The molecule has 2 N–H and O–H groups in total. The molecule has 90 valence electrons. The van der Waals surface area contributed by atoms with Crippen molar-refractivity contribution in [3.05, 3.63) is 39.6 Å². The number of thiazole rings is 1. The number of nitrogens with zero attached hydrogens (tertiary/aromatic N) is 2. The Labute approximate surface area is 105 Å². The number of fused-ring (bicyclic) bond motifs is 1. The van der Waals surface area contributed by atoms with Crippen LogP contribution in [0.1, 0.15) is 39.9 Å². The van der Waals surface area contributed by atoms with Crippen LogP contribution in [0, 0.1) is 6.92 Å². The molecule has 3 nitrogen and oxygen atoms in total. The predicted octanol–water partition coefficient (Wildman–Crippen LogP) is 2.64. The lowest BCUT2D eigenvalue weighted by Crippen LogP contribution is -2.15. The van der Waals surface area contributed by atoms with Gasteiger partial charge in [0.1, 0.15) is 0 Å². The molecule has 1 unspecified atom stereocenters. The van der Waals surface area contributed by atoms with Crippen molar-refractivity contribution in [3.8, 4) is 0 Å². The predicted molar refractivity (Wildman–Crippen MR) is 70.3 cm³/mol. The van der Waals surface area contributed by atoms with E-state index in [1.165, 1.54) is 28.8 Å². The maximum absolute atomic E-state index is 6.13. The van der Waals surface area contributed by atoms with Crippen molar-refractivity contribution in [3.63, 3.8) is 0 Å². The number of rotatable bonds is 2. The second-order valence-corrected chi connectivity index (χ2v) is 6.07. The summed E-state index contributed by atoms with van der Waals surface area (Å²) in [6.45, 7) is 2.97. The molecule has 2 aromatic heterocycles. The van der Waals surface area contributed by atoms with Crippen molar-refractivity contribution in [2.75, 3.05) is 0 Å². The number of aryl methyl sites for hydroxylation is 2. The normalized spacial score (nSPS) is 19.3. The van der Waals surface area contributed by atoms with Crippen molar-refractivity contribution in [2.24, 2.45) is 5.73 Å². The summed E-state index contributed by atoms with van der Waals surface area (Å²) in [6, 6.07) is 0.239. The molecule has 0 aromatic carbocycles. The standard InChI is InChI=1S/C13H17N3S/c1-9-15-5-11(17-9)7-16-6-10-3-2-4-13(14)12(10)8-16/h5-6,8,13H,2-4,7,14H2,1H3. The van der Waals surface area contributed by atoms with E-state index >= 15 is 0 Å². The van der Waals surface area contributed by atoms with Gasteiger partial charge in [0, 0.05) is 29.5 Å². The molecule has 0 aliphatic heterocycles. The second-order valence-electron chi connectivity index (χ2n) is 4.76. The van der Waals surface area contributed by atoms with Crippen LogP contribution in [0.3, 0.4) is 0 Å². The first-order valence-corrected chi connectivity index (χ1v) is 6.89. The van der Waals surface area contributed by atoms with Gasteiger partial charge in [-0.2, -0.15) is 0 Å². The van der Waals surface area contributed by atoms with Crippen molar-refractivity contribution < 1.29 is 0 Å². The number of hydrogen-bond acceptors (Lipinski definition) is 3. The van der Waals surface area contributed by atoms with E-state index in [9.17, 15) is 0 Å². The maximum Gasteiger partial charge on any atom is 0.0897 e. The summed E-state index contributed by atoms with van der Waals surface area (Å²) in [6.07, 6.45) is 9.96. The Morgan fingerprint density at radius 1 is 1.53 bits per heavy atom. The van der Waals surface area contributed by atoms with Crippen molar-refractivity contribution >= 4 is 11.3 Å². The highest BCUT2D eigenvalue weighted by Crippen LogP contribution is 2.29. The van der Waals surface area contributed by atoms with Gasteiger partial charge in [-0.25, -0.2) is 4.98 Å². The molecule has 3 rings (SSSR count). The Balaban J connectivity index is 1.85. The van der Waals surface area contributed by atoms with Crippen LogP contribution in [-0.4, -0.2) is 9.55 Å². The van der Waals surface area contributed by atoms with E-state index in [-0.39, 0.29) is 6.04 Å². The molecule has 0 saturated carbocycles. The monoisotopic (exact) mass is 247 g/mol. The fourth-order valence-electron chi connectivity index (χ4n) is 2.53. The molecule has 0 saturated heterocycles. The van der Waals surface area contributed by atoms with E-state index in [1.807, 2.05) is 13.1 Å². The second kappa shape index (κ2) is 4.27. The highest BCUT2D eigenvalue weighted by atomic mass is 32.1. The number of hydrogen-bond donors (Lipinski definition) is 1. The average molecular weight is 247 g/mol. The minimum Gasteiger partial charge on any atom is -0.348 e. The largest absolute Gasteiger partial charge is 0.348 e. The maximum atomic E-state index is 6.13. The van der Waals surface area contributed by atoms with Crippen LogP contribution in [0.25, 0.3) is 0 Å². The minimum atomic E-state index is 0.239. The summed E-state index contributed by atoms with van der Waals surface area (Å²) in [5.74, 6) is 0. The lowest BCUT2D eigenvalue weighted by Gasteiger charge is -2.17. The first-order chi connectivity index (χ1) is 8.22. The molecule has 1 atom stereocenters. The number of aromatic nitrogens is 2. The van der Waals surface area contributed by atoms with E-state index in [4.69, 9.17) is 5.73 Å². The van der Waals surface area contributed by atoms with Crippen LogP contribution in [0.4, 0.5) is 0 Å². The molecule has 1 aliphatic rings. The molecule has 2 aromatic rings.